The second-order valence-corrected chi connectivity index (χ2v) is 8.64. The largest absolute Gasteiger partial charge is 0.493 e. The van der Waals surface area contributed by atoms with E-state index < -0.39 is 10.8 Å². The van der Waals surface area contributed by atoms with Crippen molar-refractivity contribution < 1.29 is 18.5 Å². The second kappa shape index (κ2) is 16.0. The third-order valence-corrected chi connectivity index (χ3v) is 5.73. The number of hydrogen-bond donors (Lipinski definition) is 0. The van der Waals surface area contributed by atoms with Gasteiger partial charge in [-0.1, -0.05) is 43.0 Å². The van der Waals surface area contributed by atoms with Gasteiger partial charge in [0, 0.05) is 16.6 Å². The van der Waals surface area contributed by atoms with Gasteiger partial charge in [-0.05, 0) is 56.9 Å². The van der Waals surface area contributed by atoms with Crippen LogP contribution < -0.4 is 9.47 Å². The normalized spacial score (nSPS) is 12.6. The molecule has 5 nitrogen and oxygen atoms in total. The van der Waals surface area contributed by atoms with Crippen LogP contribution in [0.3, 0.4) is 0 Å². The summed E-state index contributed by atoms with van der Waals surface area (Å²) in [4.78, 5) is 4.56. The van der Waals surface area contributed by atoms with Crippen LogP contribution in [0.4, 0.5) is 0 Å². The van der Waals surface area contributed by atoms with E-state index >= 15 is 0 Å². The van der Waals surface area contributed by atoms with Crippen LogP contribution in [0.2, 0.25) is 0 Å². The molecule has 0 aliphatic carbocycles. The van der Waals surface area contributed by atoms with Gasteiger partial charge in [-0.15, -0.1) is 0 Å². The van der Waals surface area contributed by atoms with Crippen molar-refractivity contribution in [1.82, 2.24) is 0 Å². The Hall–Kier alpha value is -1.82. The van der Waals surface area contributed by atoms with E-state index in [2.05, 4.69) is 23.8 Å². The Balaban J connectivity index is 2.14. The SMILES string of the molecule is C/C=C/COc1cc(C)c(OCCCCCCCCS(=O)C/C=N/OC)c(C)c1. The fourth-order valence-electron chi connectivity index (χ4n) is 2.98. The first-order valence-corrected chi connectivity index (χ1v) is 11.9. The Morgan fingerprint density at radius 3 is 2.31 bits per heavy atom. The molecule has 1 atom stereocenters. The number of nitrogens with zero attached hydrogens (tertiary/aromatic N) is 1. The summed E-state index contributed by atoms with van der Waals surface area (Å²) in [6.07, 6.45) is 12.3. The first-order valence-electron chi connectivity index (χ1n) is 10.5. The first-order chi connectivity index (χ1) is 14.1. The Bertz CT molecular complexity index is 635. The molecule has 0 heterocycles. The molecule has 0 aliphatic heterocycles. The van der Waals surface area contributed by atoms with Crippen LogP contribution in [0.15, 0.2) is 29.4 Å². The van der Waals surface area contributed by atoms with Crippen molar-refractivity contribution in [3.8, 4) is 11.5 Å². The number of aryl methyl sites for hydroxylation is 2. The molecule has 0 aromatic heterocycles. The van der Waals surface area contributed by atoms with Crippen molar-refractivity contribution >= 4 is 17.0 Å². The second-order valence-electron chi connectivity index (χ2n) is 7.02. The van der Waals surface area contributed by atoms with E-state index in [0.29, 0.717) is 12.4 Å². The highest BCUT2D eigenvalue weighted by Crippen LogP contribution is 2.28. The molecule has 1 aromatic carbocycles. The molecule has 29 heavy (non-hydrogen) atoms. The minimum Gasteiger partial charge on any atom is -0.493 e. The van der Waals surface area contributed by atoms with Gasteiger partial charge in [0.15, 0.2) is 0 Å². The van der Waals surface area contributed by atoms with Gasteiger partial charge in [-0.2, -0.15) is 0 Å². The zero-order valence-electron chi connectivity index (χ0n) is 18.4. The van der Waals surface area contributed by atoms with Crippen LogP contribution in [0.5, 0.6) is 11.5 Å². The molecule has 0 amide bonds. The van der Waals surface area contributed by atoms with Gasteiger partial charge in [0.1, 0.15) is 25.2 Å². The fourth-order valence-corrected chi connectivity index (χ4v) is 3.90. The smallest absolute Gasteiger partial charge is 0.125 e. The van der Waals surface area contributed by atoms with Crippen molar-refractivity contribution in [2.24, 2.45) is 5.16 Å². The Morgan fingerprint density at radius 2 is 1.66 bits per heavy atom. The van der Waals surface area contributed by atoms with E-state index in [9.17, 15) is 4.21 Å². The average molecular weight is 424 g/mol. The molecule has 0 radical (unpaired) electrons. The van der Waals surface area contributed by atoms with Gasteiger partial charge < -0.3 is 14.3 Å². The summed E-state index contributed by atoms with van der Waals surface area (Å²) >= 11 is 0. The maximum atomic E-state index is 11.7. The van der Waals surface area contributed by atoms with E-state index in [1.54, 1.807) is 6.21 Å². The molecule has 0 saturated carbocycles. The summed E-state index contributed by atoms with van der Waals surface area (Å²) in [6, 6.07) is 4.08. The van der Waals surface area contributed by atoms with Crippen molar-refractivity contribution in [2.75, 3.05) is 31.8 Å². The van der Waals surface area contributed by atoms with Gasteiger partial charge in [-0.3, -0.25) is 4.21 Å². The molecular weight excluding hydrogens is 386 g/mol. The third kappa shape index (κ3) is 11.7. The number of unbranched alkanes of at least 4 members (excludes halogenated alkanes) is 5. The number of hydrogen-bond acceptors (Lipinski definition) is 5. The third-order valence-electron chi connectivity index (χ3n) is 4.47. The molecule has 0 N–H and O–H groups in total. The molecule has 1 rings (SSSR count). The lowest BCUT2D eigenvalue weighted by molar-refractivity contribution is 0.215. The highest BCUT2D eigenvalue weighted by atomic mass is 32.2. The lowest BCUT2D eigenvalue weighted by Crippen LogP contribution is -2.04. The highest BCUT2D eigenvalue weighted by molar-refractivity contribution is 7.85. The number of oxime groups is 1. The van der Waals surface area contributed by atoms with Gasteiger partial charge >= 0.3 is 0 Å². The quantitative estimate of drug-likeness (QED) is 0.155. The van der Waals surface area contributed by atoms with E-state index in [0.717, 1.165) is 60.7 Å². The predicted octanol–water partition coefficient (Wildman–Crippen LogP) is 5.36. The number of ether oxygens (including phenoxy) is 2. The molecule has 6 heteroatoms. The lowest BCUT2D eigenvalue weighted by atomic mass is 10.1. The topological polar surface area (TPSA) is 57.1 Å². The van der Waals surface area contributed by atoms with Crippen LogP contribution in [0.25, 0.3) is 0 Å². The van der Waals surface area contributed by atoms with E-state index in [1.165, 1.54) is 20.0 Å². The summed E-state index contributed by atoms with van der Waals surface area (Å²) in [5.74, 6) is 3.08. The molecular formula is C23H37NO4S. The van der Waals surface area contributed by atoms with Crippen molar-refractivity contribution in [1.29, 1.82) is 0 Å². The number of benzene rings is 1. The van der Waals surface area contributed by atoms with Gasteiger partial charge in [-0.25, -0.2) is 0 Å². The summed E-state index contributed by atoms with van der Waals surface area (Å²) < 4.78 is 23.4. The predicted molar refractivity (Wildman–Crippen MR) is 123 cm³/mol. The van der Waals surface area contributed by atoms with Crippen LogP contribution in [-0.2, 0) is 15.6 Å². The van der Waals surface area contributed by atoms with E-state index in [-0.39, 0.29) is 0 Å². The van der Waals surface area contributed by atoms with Crippen LogP contribution in [-0.4, -0.2) is 42.3 Å². The van der Waals surface area contributed by atoms with Gasteiger partial charge in [0.2, 0.25) is 0 Å². The zero-order chi connectivity index (χ0) is 21.3. The Kier molecular flexibility index (Phi) is 13.9. The molecule has 0 fully saturated rings. The summed E-state index contributed by atoms with van der Waals surface area (Å²) in [7, 11) is 0.667. The van der Waals surface area contributed by atoms with Gasteiger partial charge in [0.25, 0.3) is 0 Å². The van der Waals surface area contributed by atoms with Crippen LogP contribution in [0, 0.1) is 13.8 Å². The maximum Gasteiger partial charge on any atom is 0.125 e. The van der Waals surface area contributed by atoms with Crippen molar-refractivity contribution in [2.45, 2.75) is 59.3 Å². The average Bonchev–Trinajstić information content (AvgIpc) is 2.68. The number of allylic oxidation sites excluding steroid dienone is 1. The minimum atomic E-state index is -0.824. The molecule has 0 spiro atoms. The zero-order valence-corrected chi connectivity index (χ0v) is 19.3. The van der Waals surface area contributed by atoms with E-state index in [1.807, 2.05) is 31.2 Å². The Labute approximate surface area is 179 Å². The van der Waals surface area contributed by atoms with Crippen LogP contribution in [0.1, 0.15) is 56.6 Å². The summed E-state index contributed by atoms with van der Waals surface area (Å²) in [5, 5.41) is 3.61. The molecule has 1 aromatic rings. The van der Waals surface area contributed by atoms with Gasteiger partial charge in [0.05, 0.1) is 18.6 Å². The van der Waals surface area contributed by atoms with E-state index in [4.69, 9.17) is 9.47 Å². The minimum absolute atomic E-state index is 0.479. The molecule has 164 valence electrons. The van der Waals surface area contributed by atoms with Crippen molar-refractivity contribution in [3.05, 3.63) is 35.4 Å². The summed E-state index contributed by atoms with van der Waals surface area (Å²) in [6.45, 7) is 7.45. The molecule has 1 unspecified atom stereocenters. The monoisotopic (exact) mass is 423 g/mol. The highest BCUT2D eigenvalue weighted by Gasteiger charge is 2.07. The lowest BCUT2D eigenvalue weighted by Gasteiger charge is -2.14. The molecule has 0 saturated heterocycles. The van der Waals surface area contributed by atoms with Crippen LogP contribution >= 0.6 is 0 Å². The standard InChI is InChI=1S/C23H37NO4S/c1-5-6-14-27-22-18-20(2)23(21(3)19-22)28-15-11-9-7-8-10-12-16-29(25)17-13-24-26-4/h5-6,13,18-19H,7-12,14-17H2,1-4H3/b6-5+,24-13+. The Morgan fingerprint density at radius 1 is 1.00 bits per heavy atom. The number of rotatable bonds is 16. The first kappa shape index (κ1) is 25.2. The van der Waals surface area contributed by atoms with Crippen molar-refractivity contribution in [3.63, 3.8) is 0 Å². The fraction of sp³-hybridized carbons (Fsp3) is 0.609. The maximum absolute atomic E-state index is 11.7. The summed E-state index contributed by atoms with van der Waals surface area (Å²) in [5.41, 5.74) is 2.23. The molecule has 0 aliphatic rings. The molecule has 0 bridgehead atoms.